The van der Waals surface area contributed by atoms with Crippen LogP contribution in [0.2, 0.25) is 0 Å². The average Bonchev–Trinajstić information content (AvgIpc) is 3.53. The molecule has 36 heavy (non-hydrogen) atoms. The Morgan fingerprint density at radius 3 is 2.06 bits per heavy atom. The summed E-state index contributed by atoms with van der Waals surface area (Å²) in [7, 11) is -6.10. The van der Waals surface area contributed by atoms with Crippen molar-refractivity contribution in [1.82, 2.24) is 4.98 Å². The minimum absolute atomic E-state index is 0.0203. The molecular formula is C27H31F4NO3S. The maximum Gasteiger partial charge on any atom is 0.431 e. The molecular weight excluding hydrogens is 494 g/mol. The van der Waals surface area contributed by atoms with Gasteiger partial charge in [0.25, 0.3) is 0 Å². The number of para-hydroxylation sites is 1. The van der Waals surface area contributed by atoms with Crippen molar-refractivity contribution >= 4 is 21.0 Å². The van der Waals surface area contributed by atoms with Crippen molar-refractivity contribution in [2.24, 2.45) is 17.8 Å². The average molecular weight is 526 g/mol. The van der Waals surface area contributed by atoms with Crippen LogP contribution in [-0.4, -0.2) is 29.1 Å². The third-order valence-electron chi connectivity index (χ3n) is 7.51. The number of benzene rings is 2. The molecule has 3 aromatic rings. The zero-order chi connectivity index (χ0) is 26.5. The number of rotatable bonds is 4. The van der Waals surface area contributed by atoms with E-state index in [9.17, 15) is 26.0 Å². The summed E-state index contributed by atoms with van der Waals surface area (Å²) < 4.78 is 82.4. The molecule has 2 aromatic carbocycles. The van der Waals surface area contributed by atoms with E-state index in [-0.39, 0.29) is 17.8 Å². The van der Waals surface area contributed by atoms with Crippen LogP contribution in [0.4, 0.5) is 17.6 Å². The summed E-state index contributed by atoms with van der Waals surface area (Å²) in [5.41, 5.74) is 5.19. The van der Waals surface area contributed by atoms with Gasteiger partial charge in [-0.25, -0.2) is 0 Å². The second-order valence-electron chi connectivity index (χ2n) is 11.0. The Morgan fingerprint density at radius 1 is 0.917 bits per heavy atom. The van der Waals surface area contributed by atoms with Gasteiger partial charge in [0.1, 0.15) is 0 Å². The van der Waals surface area contributed by atoms with Gasteiger partial charge in [0.2, 0.25) is 0 Å². The highest BCUT2D eigenvalue weighted by atomic mass is 32.2. The predicted octanol–water partition coefficient (Wildman–Crippen LogP) is 7.67. The van der Waals surface area contributed by atoms with Gasteiger partial charge in [-0.2, -0.15) is 26.0 Å². The SMILES string of the molecule is CC(C)(C)c1ccc(-c2cc3ccccc3[nH]2)cc1.O=S(=O)(O)C(F)(F)C(F)(F)C1CC2CCC1C2. The lowest BCUT2D eigenvalue weighted by Crippen LogP contribution is -2.52. The maximum absolute atomic E-state index is 13.6. The van der Waals surface area contributed by atoms with Crippen molar-refractivity contribution in [1.29, 1.82) is 0 Å². The minimum Gasteiger partial charge on any atom is -0.355 e. The first-order valence-electron chi connectivity index (χ1n) is 12.0. The number of H-pyrrole nitrogens is 1. The van der Waals surface area contributed by atoms with Crippen LogP contribution in [0.1, 0.15) is 52.0 Å². The Hall–Kier alpha value is -2.39. The van der Waals surface area contributed by atoms with E-state index in [0.717, 1.165) is 6.42 Å². The molecule has 2 aliphatic rings. The van der Waals surface area contributed by atoms with Crippen LogP contribution < -0.4 is 0 Å². The van der Waals surface area contributed by atoms with Crippen molar-refractivity contribution in [3.8, 4) is 11.3 Å². The van der Waals surface area contributed by atoms with E-state index in [1.807, 2.05) is 0 Å². The van der Waals surface area contributed by atoms with Crippen molar-refractivity contribution in [2.45, 2.75) is 63.0 Å². The standard InChI is InChI=1S/C18H19N.C9H12F4O3S/c1-18(2,3)15-10-8-13(9-11-15)17-12-14-6-4-5-7-16(14)19-17;10-8(11,9(12,13)17(14,15)16)7-4-5-1-2-6(7)3-5/h4-12,19H,1-3H3;5-7H,1-4H2,(H,14,15,16). The number of aromatic nitrogens is 1. The number of hydrogen-bond donors (Lipinski definition) is 2. The predicted molar refractivity (Wildman–Crippen MR) is 133 cm³/mol. The van der Waals surface area contributed by atoms with Crippen molar-refractivity contribution < 1.29 is 30.5 Å². The summed E-state index contributed by atoms with van der Waals surface area (Å²) in [5.74, 6) is -6.95. The van der Waals surface area contributed by atoms with Gasteiger partial charge < -0.3 is 4.98 Å². The molecule has 2 bridgehead atoms. The summed E-state index contributed by atoms with van der Waals surface area (Å²) in [6.45, 7) is 6.72. The van der Waals surface area contributed by atoms with E-state index in [4.69, 9.17) is 4.55 Å². The molecule has 0 aliphatic heterocycles. The molecule has 2 aliphatic carbocycles. The van der Waals surface area contributed by atoms with Gasteiger partial charge in [0.05, 0.1) is 0 Å². The third-order valence-corrected chi connectivity index (χ3v) is 8.43. The summed E-state index contributed by atoms with van der Waals surface area (Å²) in [5, 5.41) is -4.15. The molecule has 2 fully saturated rings. The fourth-order valence-corrected chi connectivity index (χ4v) is 5.95. The fourth-order valence-electron chi connectivity index (χ4n) is 5.46. The van der Waals surface area contributed by atoms with E-state index in [2.05, 4.69) is 80.4 Å². The lowest BCUT2D eigenvalue weighted by Gasteiger charge is -2.33. The van der Waals surface area contributed by atoms with Crippen LogP contribution in [0.15, 0.2) is 54.6 Å². The zero-order valence-electron chi connectivity index (χ0n) is 20.4. The van der Waals surface area contributed by atoms with Crippen LogP contribution in [0.5, 0.6) is 0 Å². The topological polar surface area (TPSA) is 70.2 Å². The highest BCUT2D eigenvalue weighted by Gasteiger charge is 2.71. The van der Waals surface area contributed by atoms with Crippen LogP contribution in [-0.2, 0) is 15.5 Å². The first-order chi connectivity index (χ1) is 16.6. The molecule has 2 N–H and O–H groups in total. The molecule has 5 rings (SSSR count). The Kier molecular flexibility index (Phi) is 6.79. The van der Waals surface area contributed by atoms with Gasteiger partial charge in [0.15, 0.2) is 0 Å². The molecule has 4 nitrogen and oxygen atoms in total. The molecule has 3 atom stereocenters. The smallest absolute Gasteiger partial charge is 0.355 e. The molecule has 0 radical (unpaired) electrons. The van der Waals surface area contributed by atoms with Crippen molar-refractivity contribution in [2.75, 3.05) is 0 Å². The minimum atomic E-state index is -6.10. The van der Waals surface area contributed by atoms with E-state index in [0.29, 0.717) is 12.8 Å². The van der Waals surface area contributed by atoms with E-state index in [1.165, 1.54) is 27.7 Å². The van der Waals surface area contributed by atoms with Gasteiger partial charge in [-0.05, 0) is 59.8 Å². The summed E-state index contributed by atoms with van der Waals surface area (Å²) in [4.78, 5) is 3.47. The quantitative estimate of drug-likeness (QED) is 0.271. The Labute approximate surface area is 208 Å². The van der Waals surface area contributed by atoms with Crippen LogP contribution in [0.3, 0.4) is 0 Å². The number of hydrogen-bond acceptors (Lipinski definition) is 2. The molecule has 0 saturated heterocycles. The second kappa shape index (κ2) is 9.17. The van der Waals surface area contributed by atoms with Gasteiger partial charge in [0, 0.05) is 22.5 Å². The van der Waals surface area contributed by atoms with Crippen LogP contribution in [0, 0.1) is 17.8 Å². The van der Waals surface area contributed by atoms with Gasteiger partial charge >= 0.3 is 21.3 Å². The number of aromatic amines is 1. The van der Waals surface area contributed by atoms with Crippen LogP contribution >= 0.6 is 0 Å². The third kappa shape index (κ3) is 4.92. The van der Waals surface area contributed by atoms with Crippen molar-refractivity contribution in [3.63, 3.8) is 0 Å². The highest BCUT2D eigenvalue weighted by molar-refractivity contribution is 7.87. The number of fused-ring (bicyclic) bond motifs is 3. The Morgan fingerprint density at radius 2 is 1.56 bits per heavy atom. The first kappa shape index (κ1) is 26.7. The molecule has 196 valence electrons. The Bertz CT molecular complexity index is 1290. The van der Waals surface area contributed by atoms with E-state index in [1.54, 1.807) is 0 Å². The fraction of sp³-hybridized carbons (Fsp3) is 0.481. The van der Waals surface area contributed by atoms with E-state index < -0.39 is 33.1 Å². The van der Waals surface area contributed by atoms with Gasteiger partial charge in [-0.3, -0.25) is 4.55 Å². The molecule has 9 heteroatoms. The molecule has 3 unspecified atom stereocenters. The molecule has 0 amide bonds. The number of alkyl halides is 4. The summed E-state index contributed by atoms with van der Waals surface area (Å²) in [6, 6.07) is 19.4. The van der Waals surface area contributed by atoms with Crippen molar-refractivity contribution in [3.05, 3.63) is 60.2 Å². The molecule has 0 spiro atoms. The van der Waals surface area contributed by atoms with Gasteiger partial charge in [-0.15, -0.1) is 0 Å². The summed E-state index contributed by atoms with van der Waals surface area (Å²) in [6.07, 6.45) is 1.51. The number of nitrogens with one attached hydrogen (secondary N) is 1. The van der Waals surface area contributed by atoms with Gasteiger partial charge in [-0.1, -0.05) is 69.7 Å². The second-order valence-corrected chi connectivity index (χ2v) is 12.5. The first-order valence-corrected chi connectivity index (χ1v) is 13.5. The summed E-state index contributed by atoms with van der Waals surface area (Å²) >= 11 is 0. The van der Waals surface area contributed by atoms with Crippen LogP contribution in [0.25, 0.3) is 22.2 Å². The lowest BCUT2D eigenvalue weighted by molar-refractivity contribution is -0.202. The molecule has 1 heterocycles. The largest absolute Gasteiger partial charge is 0.431 e. The molecule has 2 saturated carbocycles. The normalized spacial score (nSPS) is 22.5. The van der Waals surface area contributed by atoms with E-state index >= 15 is 0 Å². The highest BCUT2D eigenvalue weighted by Crippen LogP contribution is 2.58. The molecule has 1 aromatic heterocycles. The maximum atomic E-state index is 13.6. The zero-order valence-corrected chi connectivity index (χ0v) is 21.3. The number of halogens is 4. The lowest BCUT2D eigenvalue weighted by atomic mass is 9.84. The monoisotopic (exact) mass is 525 g/mol. The Balaban J connectivity index is 0.000000170.